The molecule has 3 aromatic rings. The summed E-state index contributed by atoms with van der Waals surface area (Å²) < 4.78 is 33.1. The molecule has 0 aliphatic carbocycles. The fraction of sp³-hybridized carbons (Fsp3) is 0.375. The quantitative estimate of drug-likeness (QED) is 0.392. The van der Waals surface area contributed by atoms with E-state index < -0.39 is 34.0 Å². The van der Waals surface area contributed by atoms with E-state index in [0.717, 1.165) is 16.7 Å². The van der Waals surface area contributed by atoms with Crippen molar-refractivity contribution < 1.29 is 27.9 Å². The number of methoxy groups -OCH3 is 1. The van der Waals surface area contributed by atoms with Crippen molar-refractivity contribution in [1.82, 2.24) is 4.90 Å². The maximum atomic E-state index is 14.0. The standard InChI is InChI=1S/C32H37NO6S/c1-31(2,3)21-13-15-26-23(18-21)28(24-19-22(32(4,5)6)14-16-27(24)40(26,37)38)33(30(36)39-7)25(29(34)35)17-20-11-9-8-10-12-20/h8-16,18-19,25,28H,17H2,1-7H3,(H,34,35)/t25-/m0/s1. The lowest BCUT2D eigenvalue weighted by Crippen LogP contribution is -2.50. The maximum absolute atomic E-state index is 14.0. The average Bonchev–Trinajstić information content (AvgIpc) is 2.88. The van der Waals surface area contributed by atoms with Gasteiger partial charge < -0.3 is 9.84 Å². The van der Waals surface area contributed by atoms with Crippen molar-refractivity contribution in [2.45, 2.75) is 80.7 Å². The summed E-state index contributed by atoms with van der Waals surface area (Å²) >= 11 is 0. The molecule has 1 heterocycles. The zero-order chi connectivity index (χ0) is 29.6. The van der Waals surface area contributed by atoms with E-state index in [1.54, 1.807) is 60.7 Å². The number of ether oxygens (including phenoxy) is 1. The number of carbonyl (C=O) groups is 2. The zero-order valence-electron chi connectivity index (χ0n) is 24.1. The van der Waals surface area contributed by atoms with E-state index in [0.29, 0.717) is 11.1 Å². The van der Waals surface area contributed by atoms with Gasteiger partial charge >= 0.3 is 12.1 Å². The molecular formula is C32H37NO6S. The monoisotopic (exact) mass is 563 g/mol. The Hall–Kier alpha value is -3.65. The lowest BCUT2D eigenvalue weighted by atomic mass is 9.82. The summed E-state index contributed by atoms with van der Waals surface area (Å²) in [5, 5.41) is 10.5. The Morgan fingerprint density at radius 3 is 1.73 bits per heavy atom. The molecule has 1 atom stereocenters. The fourth-order valence-corrected chi connectivity index (χ4v) is 6.89. The van der Waals surface area contributed by atoms with Crippen LogP contribution in [0.15, 0.2) is 76.5 Å². The number of nitrogens with zero attached hydrogens (tertiary/aromatic N) is 1. The molecule has 0 aromatic heterocycles. The Kier molecular flexibility index (Phi) is 7.62. The zero-order valence-corrected chi connectivity index (χ0v) is 24.9. The summed E-state index contributed by atoms with van der Waals surface area (Å²) in [5.74, 6) is -1.22. The summed E-state index contributed by atoms with van der Waals surface area (Å²) in [5.41, 5.74) is 2.50. The first-order chi connectivity index (χ1) is 18.6. The molecule has 212 valence electrons. The molecular weight excluding hydrogens is 526 g/mol. The first-order valence-electron chi connectivity index (χ1n) is 13.2. The van der Waals surface area contributed by atoms with E-state index in [9.17, 15) is 23.1 Å². The lowest BCUT2D eigenvalue weighted by Gasteiger charge is -2.40. The molecule has 1 aliphatic rings. The molecule has 0 bridgehead atoms. The van der Waals surface area contributed by atoms with Crippen molar-refractivity contribution >= 4 is 21.9 Å². The van der Waals surface area contributed by atoms with Gasteiger partial charge in [-0.1, -0.05) is 96.1 Å². The molecule has 0 spiro atoms. The summed E-state index contributed by atoms with van der Waals surface area (Å²) in [7, 11) is -2.75. The normalized spacial score (nSPS) is 15.5. The SMILES string of the molecule is COC(=O)N(C1c2cc(C(C)(C)C)ccc2S(=O)(=O)c2ccc(C(C)(C)C)cc21)[C@@H](Cc1ccccc1)C(=O)O. The second-order valence-corrected chi connectivity index (χ2v) is 14.2. The van der Waals surface area contributed by atoms with Gasteiger partial charge in [-0.15, -0.1) is 0 Å². The lowest BCUT2D eigenvalue weighted by molar-refractivity contribution is -0.143. The molecule has 0 fully saturated rings. The van der Waals surface area contributed by atoms with Crippen LogP contribution in [0, 0.1) is 0 Å². The smallest absolute Gasteiger partial charge is 0.411 e. The highest BCUT2D eigenvalue weighted by atomic mass is 32.2. The number of hydrogen-bond acceptors (Lipinski definition) is 5. The molecule has 0 radical (unpaired) electrons. The van der Waals surface area contributed by atoms with Gasteiger partial charge in [0.05, 0.1) is 22.9 Å². The molecule has 0 saturated carbocycles. The number of rotatable bonds is 5. The predicted molar refractivity (Wildman–Crippen MR) is 153 cm³/mol. The van der Waals surface area contributed by atoms with Crippen LogP contribution < -0.4 is 0 Å². The average molecular weight is 564 g/mol. The molecule has 1 amide bonds. The second kappa shape index (κ2) is 10.4. The molecule has 0 saturated heterocycles. The Labute approximate surface area is 236 Å². The number of carboxylic acid groups (broad SMARTS) is 1. The summed E-state index contributed by atoms with van der Waals surface area (Å²) in [4.78, 5) is 27.7. The van der Waals surface area contributed by atoms with Crippen LogP contribution in [0.4, 0.5) is 4.79 Å². The molecule has 8 heteroatoms. The minimum absolute atomic E-state index is 0.0110. The van der Waals surface area contributed by atoms with E-state index in [-0.39, 0.29) is 27.0 Å². The van der Waals surface area contributed by atoms with Crippen molar-refractivity contribution in [3.8, 4) is 0 Å². The van der Waals surface area contributed by atoms with E-state index >= 15 is 0 Å². The van der Waals surface area contributed by atoms with Crippen LogP contribution in [0.2, 0.25) is 0 Å². The number of carbonyl (C=O) groups excluding carboxylic acids is 1. The van der Waals surface area contributed by atoms with Crippen molar-refractivity contribution in [2.75, 3.05) is 7.11 Å². The van der Waals surface area contributed by atoms with Crippen molar-refractivity contribution in [3.05, 3.63) is 94.5 Å². The van der Waals surface area contributed by atoms with Crippen LogP contribution in [0.1, 0.15) is 75.4 Å². The number of fused-ring (bicyclic) bond motifs is 2. The van der Waals surface area contributed by atoms with Crippen LogP contribution in [-0.2, 0) is 36.6 Å². The molecule has 4 rings (SSSR count). The van der Waals surface area contributed by atoms with Crippen LogP contribution in [0.25, 0.3) is 0 Å². The molecule has 0 unspecified atom stereocenters. The third kappa shape index (κ3) is 5.37. The van der Waals surface area contributed by atoms with Crippen LogP contribution >= 0.6 is 0 Å². The van der Waals surface area contributed by atoms with Crippen molar-refractivity contribution in [1.29, 1.82) is 0 Å². The number of carboxylic acids is 1. The van der Waals surface area contributed by atoms with E-state index in [2.05, 4.69) is 0 Å². The highest BCUT2D eigenvalue weighted by Gasteiger charge is 2.45. The topological polar surface area (TPSA) is 101 Å². The summed E-state index contributed by atoms with van der Waals surface area (Å²) in [6.07, 6.45) is -0.844. The maximum Gasteiger partial charge on any atom is 0.411 e. The summed E-state index contributed by atoms with van der Waals surface area (Å²) in [6.45, 7) is 12.1. The van der Waals surface area contributed by atoms with Gasteiger partial charge in [-0.3, -0.25) is 4.90 Å². The first kappa shape index (κ1) is 29.3. The highest BCUT2D eigenvalue weighted by Crippen LogP contribution is 2.47. The van der Waals surface area contributed by atoms with Crippen LogP contribution in [0.5, 0.6) is 0 Å². The number of aliphatic carboxylic acids is 1. The van der Waals surface area contributed by atoms with Crippen LogP contribution in [-0.4, -0.2) is 43.6 Å². The van der Waals surface area contributed by atoms with E-state index in [1.165, 1.54) is 12.0 Å². The Morgan fingerprint density at radius 1 is 0.850 bits per heavy atom. The minimum Gasteiger partial charge on any atom is -0.480 e. The summed E-state index contributed by atoms with van der Waals surface area (Å²) in [6, 6.07) is 17.0. The second-order valence-electron chi connectivity index (χ2n) is 12.3. The van der Waals surface area contributed by atoms with Crippen molar-refractivity contribution in [2.24, 2.45) is 0 Å². The number of amides is 1. The van der Waals surface area contributed by atoms with Gasteiger partial charge in [0.25, 0.3) is 0 Å². The Balaban J connectivity index is 2.08. The molecule has 7 nitrogen and oxygen atoms in total. The number of hydrogen-bond donors (Lipinski definition) is 1. The number of sulfone groups is 1. The van der Waals surface area contributed by atoms with Crippen LogP contribution in [0.3, 0.4) is 0 Å². The van der Waals surface area contributed by atoms with Gasteiger partial charge in [-0.25, -0.2) is 18.0 Å². The van der Waals surface area contributed by atoms with E-state index in [4.69, 9.17) is 4.74 Å². The van der Waals surface area contributed by atoms with Gasteiger partial charge in [0.1, 0.15) is 6.04 Å². The van der Waals surface area contributed by atoms with Gasteiger partial charge in [-0.05, 0) is 50.8 Å². The Morgan fingerprint density at radius 2 is 1.32 bits per heavy atom. The van der Waals surface area contributed by atoms with Gasteiger partial charge in [0.2, 0.25) is 9.84 Å². The largest absolute Gasteiger partial charge is 0.480 e. The van der Waals surface area contributed by atoms with Gasteiger partial charge in [0.15, 0.2) is 0 Å². The van der Waals surface area contributed by atoms with Gasteiger partial charge in [0, 0.05) is 6.42 Å². The molecule has 1 N–H and O–H groups in total. The third-order valence-corrected chi connectivity index (χ3v) is 9.38. The Bertz CT molecular complexity index is 1480. The van der Waals surface area contributed by atoms with E-state index in [1.807, 2.05) is 47.6 Å². The first-order valence-corrected chi connectivity index (χ1v) is 14.7. The number of benzene rings is 3. The third-order valence-electron chi connectivity index (χ3n) is 7.48. The minimum atomic E-state index is -3.96. The predicted octanol–water partition coefficient (Wildman–Crippen LogP) is 6.28. The fourth-order valence-electron chi connectivity index (χ4n) is 5.19. The van der Waals surface area contributed by atoms with Crippen molar-refractivity contribution in [3.63, 3.8) is 0 Å². The molecule has 40 heavy (non-hydrogen) atoms. The highest BCUT2D eigenvalue weighted by molar-refractivity contribution is 7.91. The molecule has 3 aromatic carbocycles. The van der Waals surface area contributed by atoms with Gasteiger partial charge in [-0.2, -0.15) is 0 Å². The molecule has 1 aliphatic heterocycles.